The zero-order chi connectivity index (χ0) is 18.0. The molecule has 0 saturated carbocycles. The molecule has 0 atom stereocenters. The molecule has 1 heterocycles. The standard InChI is InChI=1S/C18H18ClNO4S/c1-23-17-9-12-7-8-20-16(15(12)10-18(17)24-2)11-25(21,22)14-5-3-13(19)4-6-14/h3-6,9-10H,7-8,11H2,1-2H3. The van der Waals surface area contributed by atoms with E-state index in [1.165, 1.54) is 12.1 Å². The van der Waals surface area contributed by atoms with E-state index in [2.05, 4.69) is 4.99 Å². The number of hydrogen-bond acceptors (Lipinski definition) is 5. The topological polar surface area (TPSA) is 65.0 Å². The van der Waals surface area contributed by atoms with Crippen molar-refractivity contribution in [3.8, 4) is 11.5 Å². The van der Waals surface area contributed by atoms with Gasteiger partial charge in [0.05, 0.1) is 30.6 Å². The second kappa shape index (κ2) is 7.06. The van der Waals surface area contributed by atoms with Crippen LogP contribution in [0.15, 0.2) is 46.3 Å². The summed E-state index contributed by atoms with van der Waals surface area (Å²) in [5.41, 5.74) is 2.34. The average molecular weight is 380 g/mol. The minimum Gasteiger partial charge on any atom is -0.493 e. The molecule has 0 unspecified atom stereocenters. The Bertz CT molecular complexity index is 921. The monoisotopic (exact) mass is 379 g/mol. The van der Waals surface area contributed by atoms with Crippen molar-refractivity contribution in [2.45, 2.75) is 11.3 Å². The summed E-state index contributed by atoms with van der Waals surface area (Å²) in [5.74, 6) is 1.01. The van der Waals surface area contributed by atoms with E-state index >= 15 is 0 Å². The predicted molar refractivity (Wildman–Crippen MR) is 98.2 cm³/mol. The lowest BCUT2D eigenvalue weighted by atomic mass is 9.97. The van der Waals surface area contributed by atoms with Crippen LogP contribution >= 0.6 is 11.6 Å². The molecule has 0 aliphatic carbocycles. The molecule has 1 aliphatic rings. The number of hydrogen-bond donors (Lipinski definition) is 0. The summed E-state index contributed by atoms with van der Waals surface area (Å²) in [4.78, 5) is 4.67. The number of fused-ring (bicyclic) bond motifs is 1. The van der Waals surface area contributed by atoms with Gasteiger partial charge in [-0.05, 0) is 48.4 Å². The van der Waals surface area contributed by atoms with Crippen LogP contribution < -0.4 is 9.47 Å². The summed E-state index contributed by atoms with van der Waals surface area (Å²) >= 11 is 5.84. The fourth-order valence-corrected chi connectivity index (χ4v) is 4.27. The first kappa shape index (κ1) is 17.8. The van der Waals surface area contributed by atoms with Crippen LogP contribution in [-0.4, -0.2) is 40.6 Å². The Morgan fingerprint density at radius 2 is 1.72 bits per heavy atom. The van der Waals surface area contributed by atoms with Crippen molar-refractivity contribution in [1.82, 2.24) is 0 Å². The van der Waals surface area contributed by atoms with Gasteiger partial charge >= 0.3 is 0 Å². The zero-order valence-electron chi connectivity index (χ0n) is 14.0. The van der Waals surface area contributed by atoms with Gasteiger partial charge in [0, 0.05) is 17.1 Å². The van der Waals surface area contributed by atoms with Crippen molar-refractivity contribution in [3.05, 3.63) is 52.5 Å². The molecule has 0 saturated heterocycles. The maximum absolute atomic E-state index is 12.7. The molecule has 0 radical (unpaired) electrons. The van der Waals surface area contributed by atoms with E-state index in [1.54, 1.807) is 32.4 Å². The molecule has 25 heavy (non-hydrogen) atoms. The van der Waals surface area contributed by atoms with E-state index in [9.17, 15) is 8.42 Å². The van der Waals surface area contributed by atoms with Crippen LogP contribution in [0.4, 0.5) is 0 Å². The summed E-state index contributed by atoms with van der Waals surface area (Å²) < 4.78 is 36.1. The maximum atomic E-state index is 12.7. The Balaban J connectivity index is 1.97. The first-order valence-corrected chi connectivity index (χ1v) is 9.74. The molecular formula is C18H18ClNO4S. The van der Waals surface area contributed by atoms with Crippen molar-refractivity contribution in [3.63, 3.8) is 0 Å². The third-order valence-corrected chi connectivity index (χ3v) is 6.00. The van der Waals surface area contributed by atoms with Crippen molar-refractivity contribution in [2.24, 2.45) is 4.99 Å². The molecule has 7 heteroatoms. The Morgan fingerprint density at radius 3 is 2.36 bits per heavy atom. The molecule has 0 N–H and O–H groups in total. The first-order valence-electron chi connectivity index (χ1n) is 7.71. The molecule has 1 aliphatic heterocycles. The Kier molecular flexibility index (Phi) is 5.01. The van der Waals surface area contributed by atoms with Crippen LogP contribution in [0.25, 0.3) is 0 Å². The number of halogens is 1. The summed E-state index contributed by atoms with van der Waals surface area (Å²) in [6.45, 7) is 0.550. The van der Waals surface area contributed by atoms with Gasteiger partial charge in [-0.2, -0.15) is 0 Å². The van der Waals surface area contributed by atoms with E-state index in [0.717, 1.165) is 17.5 Å². The van der Waals surface area contributed by atoms with E-state index in [4.69, 9.17) is 21.1 Å². The van der Waals surface area contributed by atoms with Crippen LogP contribution in [-0.2, 0) is 16.3 Å². The molecule has 5 nitrogen and oxygen atoms in total. The molecule has 0 spiro atoms. The van der Waals surface area contributed by atoms with Crippen LogP contribution in [0.2, 0.25) is 5.02 Å². The van der Waals surface area contributed by atoms with Crippen molar-refractivity contribution >= 4 is 27.1 Å². The lowest BCUT2D eigenvalue weighted by molar-refractivity contribution is 0.354. The second-order valence-electron chi connectivity index (χ2n) is 5.66. The van der Waals surface area contributed by atoms with Gasteiger partial charge in [0.15, 0.2) is 21.3 Å². The summed E-state index contributed by atoms with van der Waals surface area (Å²) in [7, 11) is -0.390. The van der Waals surface area contributed by atoms with Crippen LogP contribution in [0.1, 0.15) is 11.1 Å². The summed E-state index contributed by atoms with van der Waals surface area (Å²) in [6.07, 6.45) is 0.736. The van der Waals surface area contributed by atoms with E-state index < -0.39 is 9.84 Å². The fourth-order valence-electron chi connectivity index (χ4n) is 2.82. The maximum Gasteiger partial charge on any atom is 0.184 e. The lowest BCUT2D eigenvalue weighted by Gasteiger charge is -2.20. The lowest BCUT2D eigenvalue weighted by Crippen LogP contribution is -2.22. The minimum absolute atomic E-state index is 0.170. The number of methoxy groups -OCH3 is 2. The fraction of sp³-hybridized carbons (Fsp3) is 0.278. The molecule has 0 bridgehead atoms. The highest BCUT2D eigenvalue weighted by molar-refractivity contribution is 7.92. The molecular weight excluding hydrogens is 362 g/mol. The van der Waals surface area contributed by atoms with E-state index in [-0.39, 0.29) is 10.6 Å². The largest absolute Gasteiger partial charge is 0.493 e. The number of benzene rings is 2. The van der Waals surface area contributed by atoms with E-state index in [0.29, 0.717) is 28.8 Å². The van der Waals surface area contributed by atoms with Crippen LogP contribution in [0, 0.1) is 0 Å². The van der Waals surface area contributed by atoms with Crippen molar-refractivity contribution in [2.75, 3.05) is 26.5 Å². The third kappa shape index (κ3) is 3.65. The average Bonchev–Trinajstić information content (AvgIpc) is 2.61. The van der Waals surface area contributed by atoms with Gasteiger partial charge in [0.25, 0.3) is 0 Å². The third-order valence-electron chi connectivity index (χ3n) is 4.10. The van der Waals surface area contributed by atoms with E-state index in [1.807, 2.05) is 6.07 Å². The molecule has 132 valence electrons. The Labute approximate surface area is 152 Å². The summed E-state index contributed by atoms with van der Waals surface area (Å²) in [5, 5.41) is 0.496. The number of ether oxygens (including phenoxy) is 2. The number of rotatable bonds is 5. The molecule has 0 fully saturated rings. The van der Waals surface area contributed by atoms with Crippen LogP contribution in [0.5, 0.6) is 11.5 Å². The Hall–Kier alpha value is -2.05. The second-order valence-corrected chi connectivity index (χ2v) is 8.08. The van der Waals surface area contributed by atoms with Crippen LogP contribution in [0.3, 0.4) is 0 Å². The first-order chi connectivity index (χ1) is 11.9. The molecule has 0 aromatic heterocycles. The van der Waals surface area contributed by atoms with Gasteiger partial charge < -0.3 is 9.47 Å². The summed E-state index contributed by atoms with van der Waals surface area (Å²) in [6, 6.07) is 9.84. The highest BCUT2D eigenvalue weighted by Crippen LogP contribution is 2.33. The number of sulfone groups is 1. The van der Waals surface area contributed by atoms with Gasteiger partial charge in [-0.25, -0.2) is 8.42 Å². The molecule has 2 aromatic carbocycles. The predicted octanol–water partition coefficient (Wildman–Crippen LogP) is 3.18. The quantitative estimate of drug-likeness (QED) is 0.800. The minimum atomic E-state index is -3.52. The van der Waals surface area contributed by atoms with Gasteiger partial charge in [0.2, 0.25) is 0 Å². The highest BCUT2D eigenvalue weighted by Gasteiger charge is 2.24. The van der Waals surface area contributed by atoms with Gasteiger partial charge in [-0.15, -0.1) is 0 Å². The normalized spacial score (nSPS) is 13.8. The SMILES string of the molecule is COc1cc2c(cc1OC)C(CS(=O)(=O)c1ccc(Cl)cc1)=NCC2. The molecule has 3 rings (SSSR count). The van der Waals surface area contributed by atoms with Crippen molar-refractivity contribution < 1.29 is 17.9 Å². The number of nitrogens with zero attached hydrogens (tertiary/aromatic N) is 1. The molecule has 2 aromatic rings. The van der Waals surface area contributed by atoms with Crippen molar-refractivity contribution in [1.29, 1.82) is 0 Å². The molecule has 0 amide bonds. The van der Waals surface area contributed by atoms with Gasteiger partial charge in [-0.3, -0.25) is 4.99 Å². The highest BCUT2D eigenvalue weighted by atomic mass is 35.5. The van der Waals surface area contributed by atoms with Gasteiger partial charge in [0.1, 0.15) is 0 Å². The Morgan fingerprint density at radius 1 is 1.08 bits per heavy atom. The number of aliphatic imine (C=N–C) groups is 1. The zero-order valence-corrected chi connectivity index (χ0v) is 15.5. The smallest absolute Gasteiger partial charge is 0.184 e. The van der Waals surface area contributed by atoms with Gasteiger partial charge in [-0.1, -0.05) is 11.6 Å².